The van der Waals surface area contributed by atoms with Crippen LogP contribution in [0.4, 0.5) is 30.6 Å². The fourth-order valence-corrected chi connectivity index (χ4v) is 5.65. The van der Waals surface area contributed by atoms with E-state index in [-0.39, 0.29) is 69.7 Å². The van der Waals surface area contributed by atoms with Crippen LogP contribution in [-0.4, -0.2) is 68.6 Å². The quantitative estimate of drug-likeness (QED) is 0.212. The molecule has 12 nitrogen and oxygen atoms in total. The molecule has 4 aromatic rings. The maximum Gasteiger partial charge on any atom is 0.416 e. The Balaban J connectivity index is 1.22. The highest BCUT2D eigenvalue weighted by atomic mass is 35.5. The molecule has 1 aliphatic heterocycles. The molecule has 1 aliphatic carbocycles. The summed E-state index contributed by atoms with van der Waals surface area (Å²) in [6.07, 6.45) is 4.50. The second kappa shape index (κ2) is 12.9. The zero-order valence-corrected chi connectivity index (χ0v) is 26.6. The first-order valence-corrected chi connectivity index (χ1v) is 15.3. The van der Waals surface area contributed by atoms with E-state index in [2.05, 4.69) is 30.2 Å². The number of likely N-dealkylation sites (tertiary alicyclic amines) is 1. The van der Waals surface area contributed by atoms with E-state index in [0.29, 0.717) is 11.3 Å². The minimum atomic E-state index is -4.59. The number of benzene rings is 1. The largest absolute Gasteiger partial charge is 0.492 e. The van der Waals surface area contributed by atoms with Gasteiger partial charge in [0.05, 0.1) is 24.2 Å². The van der Waals surface area contributed by atoms with Gasteiger partial charge in [0.15, 0.2) is 23.0 Å². The molecule has 2 fully saturated rings. The highest BCUT2D eigenvalue weighted by Crippen LogP contribution is 2.38. The Kier molecular flexibility index (Phi) is 8.85. The summed E-state index contributed by atoms with van der Waals surface area (Å²) < 4.78 is 54.8. The summed E-state index contributed by atoms with van der Waals surface area (Å²) >= 11 is 6.74. The highest BCUT2D eigenvalue weighted by molar-refractivity contribution is 6.36. The number of fused-ring (bicyclic) bond motifs is 1. The van der Waals surface area contributed by atoms with Crippen LogP contribution in [0.15, 0.2) is 43.0 Å². The number of alkyl halides is 3. The van der Waals surface area contributed by atoms with Crippen LogP contribution in [0.1, 0.15) is 36.9 Å². The predicted octanol–water partition coefficient (Wildman–Crippen LogP) is 5.36. The number of imidazole rings is 1. The molecular formula is C31H33ClF3N9O3. The fourth-order valence-electron chi connectivity index (χ4n) is 5.35. The molecule has 0 unspecified atom stereocenters. The molecule has 1 saturated heterocycles. The Morgan fingerprint density at radius 3 is 2.57 bits per heavy atom. The van der Waals surface area contributed by atoms with E-state index < -0.39 is 11.7 Å². The van der Waals surface area contributed by atoms with Gasteiger partial charge in [0.2, 0.25) is 11.9 Å². The first-order valence-electron chi connectivity index (χ1n) is 15.0. The van der Waals surface area contributed by atoms with Gasteiger partial charge in [-0.2, -0.15) is 18.2 Å². The first-order chi connectivity index (χ1) is 22.4. The highest BCUT2D eigenvalue weighted by Gasteiger charge is 2.34. The Bertz CT molecular complexity index is 1830. The number of amides is 1. The Morgan fingerprint density at radius 1 is 1.15 bits per heavy atom. The summed E-state index contributed by atoms with van der Waals surface area (Å²) in [7, 11) is 5.26. The van der Waals surface area contributed by atoms with Crippen LogP contribution < -0.4 is 25.4 Å². The lowest BCUT2D eigenvalue weighted by molar-refractivity contribution is -0.137. The molecule has 16 heteroatoms. The van der Waals surface area contributed by atoms with Gasteiger partial charge in [0.1, 0.15) is 28.6 Å². The van der Waals surface area contributed by atoms with Crippen LogP contribution in [0.25, 0.3) is 16.9 Å². The standard InChI is InChI=1S/C31H33ClF3N9O3/c1-42-8-4-5-20(42)16-46-21-10-18(31(33,34)35)9-19(11-21)40-30-41-28-27(44(30)3)26(32)24(14-39-28)47-23(12-36)22-13-38-25(15-37-22)43(2)29(45)17-6-7-17/h9-15,17,20H,4-8,16,36H2,1-3H3,(H,39,40,41)/t20-/m0/s1. The number of carbonyl (C=O) groups excluding carboxylic acids is 1. The van der Waals surface area contributed by atoms with Crippen LogP contribution in [0.5, 0.6) is 11.5 Å². The van der Waals surface area contributed by atoms with Gasteiger partial charge in [-0.3, -0.25) is 9.69 Å². The Labute approximate surface area is 273 Å². The average molecular weight is 672 g/mol. The smallest absolute Gasteiger partial charge is 0.416 e. The maximum atomic E-state index is 13.8. The van der Waals surface area contributed by atoms with Gasteiger partial charge in [-0.05, 0) is 51.4 Å². The SMILES string of the molecule is CN(C(=O)C1CC1)c1cnc(C(=CN)Oc2cnc3nc(Nc4cc(OC[C@@H]5CCCN5C)cc(C(F)(F)F)c4)n(C)c3c2Cl)cn1. The molecule has 2 aliphatic rings. The molecular weight excluding hydrogens is 639 g/mol. The minimum Gasteiger partial charge on any atom is -0.492 e. The number of aromatic nitrogens is 5. The van der Waals surface area contributed by atoms with Crippen molar-refractivity contribution in [2.75, 3.05) is 37.5 Å². The second-order valence-corrected chi connectivity index (χ2v) is 12.0. The number of ether oxygens (including phenoxy) is 2. The molecule has 1 amide bonds. The number of nitrogens with zero attached hydrogens (tertiary/aromatic N) is 7. The van der Waals surface area contributed by atoms with E-state index in [0.717, 1.165) is 44.4 Å². The van der Waals surface area contributed by atoms with Gasteiger partial charge in [0.25, 0.3) is 0 Å². The minimum absolute atomic E-state index is 0.0109. The molecule has 0 spiro atoms. The lowest BCUT2D eigenvalue weighted by atomic mass is 10.1. The molecule has 1 atom stereocenters. The summed E-state index contributed by atoms with van der Waals surface area (Å²) in [5, 5.41) is 3.08. The van der Waals surface area contributed by atoms with Gasteiger partial charge in [0, 0.05) is 44.0 Å². The van der Waals surface area contributed by atoms with E-state index in [1.54, 1.807) is 18.7 Å². The Hall–Kier alpha value is -4.63. The van der Waals surface area contributed by atoms with Crippen molar-refractivity contribution >= 4 is 51.9 Å². The first kappa shape index (κ1) is 32.3. The Morgan fingerprint density at radius 2 is 1.94 bits per heavy atom. The molecule has 0 bridgehead atoms. The number of nitrogens with one attached hydrogen (secondary N) is 1. The third kappa shape index (κ3) is 6.90. The number of pyridine rings is 1. The summed E-state index contributed by atoms with van der Waals surface area (Å²) in [5.41, 5.74) is 5.98. The normalized spacial score (nSPS) is 17.3. The predicted molar refractivity (Wildman–Crippen MR) is 170 cm³/mol. The fraction of sp³-hybridized carbons (Fsp3) is 0.387. The van der Waals surface area contributed by atoms with E-state index in [4.69, 9.17) is 26.8 Å². The van der Waals surface area contributed by atoms with Crippen molar-refractivity contribution in [1.29, 1.82) is 0 Å². The van der Waals surface area contributed by atoms with Crippen LogP contribution in [0.2, 0.25) is 5.02 Å². The number of nitrogens with two attached hydrogens (primary N) is 1. The average Bonchev–Trinajstić information content (AvgIpc) is 3.75. The van der Waals surface area contributed by atoms with Gasteiger partial charge < -0.3 is 30.0 Å². The summed E-state index contributed by atoms with van der Waals surface area (Å²) in [4.78, 5) is 33.4. The topological polar surface area (TPSA) is 137 Å². The van der Waals surface area contributed by atoms with Crippen LogP contribution in [0, 0.1) is 5.92 Å². The van der Waals surface area contributed by atoms with Crippen LogP contribution in [-0.2, 0) is 18.0 Å². The van der Waals surface area contributed by atoms with Crippen molar-refractivity contribution in [3.63, 3.8) is 0 Å². The molecule has 1 saturated carbocycles. The number of carbonyl (C=O) groups is 1. The van der Waals surface area contributed by atoms with Crippen molar-refractivity contribution in [2.45, 2.75) is 37.9 Å². The van der Waals surface area contributed by atoms with Gasteiger partial charge in [-0.15, -0.1) is 0 Å². The molecule has 248 valence electrons. The number of aryl methyl sites for hydroxylation is 1. The van der Waals surface area contributed by atoms with Crippen LogP contribution >= 0.6 is 11.6 Å². The van der Waals surface area contributed by atoms with E-state index in [1.165, 1.54) is 35.8 Å². The monoisotopic (exact) mass is 671 g/mol. The lowest BCUT2D eigenvalue weighted by Crippen LogP contribution is -2.30. The summed E-state index contributed by atoms with van der Waals surface area (Å²) in [6.45, 7) is 1.20. The number of anilines is 3. The van der Waals surface area contributed by atoms with E-state index in [9.17, 15) is 18.0 Å². The summed E-state index contributed by atoms with van der Waals surface area (Å²) in [6, 6.07) is 3.61. The van der Waals surface area contributed by atoms with Crippen molar-refractivity contribution in [3.8, 4) is 11.5 Å². The molecule has 4 heterocycles. The molecule has 3 N–H and O–H groups in total. The second-order valence-electron chi connectivity index (χ2n) is 11.6. The zero-order chi connectivity index (χ0) is 33.5. The van der Waals surface area contributed by atoms with Gasteiger partial charge >= 0.3 is 6.18 Å². The third-order valence-corrected chi connectivity index (χ3v) is 8.64. The number of rotatable bonds is 10. The molecule has 1 aromatic carbocycles. The van der Waals surface area contributed by atoms with Crippen LogP contribution in [0.3, 0.4) is 0 Å². The van der Waals surface area contributed by atoms with Crippen molar-refractivity contribution < 1.29 is 27.4 Å². The molecule has 6 rings (SSSR count). The van der Waals surface area contributed by atoms with E-state index >= 15 is 0 Å². The van der Waals surface area contributed by atoms with Crippen molar-refractivity contribution in [1.82, 2.24) is 29.4 Å². The number of halogens is 4. The maximum absolute atomic E-state index is 13.8. The number of likely N-dealkylation sites (N-methyl/N-ethyl adjacent to an activating group) is 1. The lowest BCUT2D eigenvalue weighted by Gasteiger charge is -2.20. The van der Waals surface area contributed by atoms with Gasteiger partial charge in [-0.25, -0.2) is 15.0 Å². The number of hydrogen-bond acceptors (Lipinski definition) is 10. The van der Waals surface area contributed by atoms with Crippen molar-refractivity contribution in [2.24, 2.45) is 18.7 Å². The molecule has 0 radical (unpaired) electrons. The molecule has 47 heavy (non-hydrogen) atoms. The number of hydrogen-bond donors (Lipinski definition) is 2. The summed E-state index contributed by atoms with van der Waals surface area (Å²) in [5.74, 6) is 0.942. The third-order valence-electron chi connectivity index (χ3n) is 8.27. The van der Waals surface area contributed by atoms with Gasteiger partial charge in [-0.1, -0.05) is 11.6 Å². The van der Waals surface area contributed by atoms with Crippen molar-refractivity contribution in [3.05, 3.63) is 59.3 Å². The zero-order valence-electron chi connectivity index (χ0n) is 25.9. The van der Waals surface area contributed by atoms with E-state index in [1.807, 2.05) is 7.05 Å². The molecule has 3 aromatic heterocycles.